The van der Waals surface area contributed by atoms with Crippen molar-refractivity contribution in [1.82, 2.24) is 34.8 Å². The number of imidazole rings is 1. The summed E-state index contributed by atoms with van der Waals surface area (Å²) in [4.78, 5) is 25.8. The molecule has 0 radical (unpaired) electrons. The normalized spacial score (nSPS) is 14.8. The highest BCUT2D eigenvalue weighted by atomic mass is 19.1. The van der Waals surface area contributed by atoms with Crippen molar-refractivity contribution < 1.29 is 9.50 Å². The van der Waals surface area contributed by atoms with Gasteiger partial charge in [-0.3, -0.25) is 15.1 Å². The lowest BCUT2D eigenvalue weighted by Gasteiger charge is -2.11. The Balaban J connectivity index is 1.41. The highest BCUT2D eigenvalue weighted by molar-refractivity contribution is 5.66. The Labute approximate surface area is 196 Å². The van der Waals surface area contributed by atoms with Gasteiger partial charge in [-0.2, -0.15) is 14.7 Å². The van der Waals surface area contributed by atoms with Gasteiger partial charge in [0.1, 0.15) is 17.3 Å². The summed E-state index contributed by atoms with van der Waals surface area (Å²) < 4.78 is 15.6. The SMILES string of the molecule is O=c1[nH]c(O)c(C=c2cnn3c(=NC4CC4)cc(NCc4ccc(F)cc4-c4cn[nH]c4)nc23)[nH]1. The van der Waals surface area contributed by atoms with Crippen LogP contribution in [0.3, 0.4) is 0 Å². The highest BCUT2D eigenvalue weighted by Gasteiger charge is 2.20. The fourth-order valence-corrected chi connectivity index (χ4v) is 3.84. The van der Waals surface area contributed by atoms with E-state index in [4.69, 9.17) is 9.98 Å². The first-order chi connectivity index (χ1) is 17.0. The average molecular weight is 473 g/mol. The molecule has 4 aromatic heterocycles. The molecule has 1 fully saturated rings. The van der Waals surface area contributed by atoms with Crippen LogP contribution in [0.15, 0.2) is 52.6 Å². The summed E-state index contributed by atoms with van der Waals surface area (Å²) in [6.07, 6.45) is 8.59. The molecule has 1 aliphatic carbocycles. The quantitative estimate of drug-likeness (QED) is 0.250. The first kappa shape index (κ1) is 20.8. The molecular weight excluding hydrogens is 453 g/mol. The van der Waals surface area contributed by atoms with E-state index in [1.807, 2.05) is 6.07 Å². The molecule has 5 N–H and O–H groups in total. The van der Waals surface area contributed by atoms with E-state index < -0.39 is 5.69 Å². The van der Waals surface area contributed by atoms with Gasteiger partial charge in [0, 0.05) is 29.6 Å². The Morgan fingerprint density at radius 2 is 2.14 bits per heavy atom. The van der Waals surface area contributed by atoms with Gasteiger partial charge in [0.2, 0.25) is 5.88 Å². The number of H-pyrrole nitrogens is 3. The number of aromatic nitrogens is 7. The summed E-state index contributed by atoms with van der Waals surface area (Å²) in [5.41, 5.74) is 3.22. The third kappa shape index (κ3) is 4.16. The number of anilines is 1. The summed E-state index contributed by atoms with van der Waals surface area (Å²) in [5.74, 6) is -0.0450. The van der Waals surface area contributed by atoms with Gasteiger partial charge in [0.05, 0.1) is 18.4 Å². The summed E-state index contributed by atoms with van der Waals surface area (Å²) >= 11 is 0. The molecule has 0 saturated heterocycles. The lowest BCUT2D eigenvalue weighted by Crippen LogP contribution is -2.20. The van der Waals surface area contributed by atoms with E-state index in [2.05, 4.69) is 30.6 Å². The zero-order valence-corrected chi connectivity index (χ0v) is 18.3. The molecule has 0 amide bonds. The number of halogens is 1. The molecule has 1 aliphatic rings. The van der Waals surface area contributed by atoms with Crippen molar-refractivity contribution in [3.05, 3.63) is 81.1 Å². The monoisotopic (exact) mass is 473 g/mol. The second kappa shape index (κ2) is 8.24. The molecule has 12 heteroatoms. The van der Waals surface area contributed by atoms with Crippen LogP contribution in [0.5, 0.6) is 5.88 Å². The van der Waals surface area contributed by atoms with Crippen molar-refractivity contribution in [2.24, 2.45) is 4.99 Å². The van der Waals surface area contributed by atoms with E-state index >= 15 is 0 Å². The molecule has 35 heavy (non-hydrogen) atoms. The maximum Gasteiger partial charge on any atom is 0.326 e. The number of hydrogen-bond acceptors (Lipinski definition) is 7. The second-order valence-electron chi connectivity index (χ2n) is 8.32. The van der Waals surface area contributed by atoms with Crippen molar-refractivity contribution in [2.45, 2.75) is 25.4 Å². The van der Waals surface area contributed by atoms with Crippen LogP contribution in [0.2, 0.25) is 0 Å². The summed E-state index contributed by atoms with van der Waals surface area (Å²) in [6.45, 7) is 0.381. The topological polar surface area (TPSA) is 152 Å². The number of aromatic hydroxyl groups is 1. The molecule has 5 aromatic rings. The maximum absolute atomic E-state index is 13.9. The number of aromatic amines is 3. The summed E-state index contributed by atoms with van der Waals surface area (Å²) in [7, 11) is 0. The molecule has 0 spiro atoms. The van der Waals surface area contributed by atoms with E-state index in [9.17, 15) is 14.3 Å². The van der Waals surface area contributed by atoms with Crippen LogP contribution in [0.1, 0.15) is 24.1 Å². The summed E-state index contributed by atoms with van der Waals surface area (Å²) in [5, 5.41) is 25.0. The van der Waals surface area contributed by atoms with Crippen LogP contribution in [0.4, 0.5) is 10.2 Å². The second-order valence-corrected chi connectivity index (χ2v) is 8.32. The van der Waals surface area contributed by atoms with E-state index in [-0.39, 0.29) is 23.4 Å². The van der Waals surface area contributed by atoms with E-state index in [0.717, 1.165) is 29.5 Å². The minimum atomic E-state index is -0.516. The van der Waals surface area contributed by atoms with Crippen LogP contribution < -0.4 is 21.7 Å². The first-order valence-electron chi connectivity index (χ1n) is 11.0. The minimum absolute atomic E-state index is 0.224. The van der Waals surface area contributed by atoms with Gasteiger partial charge < -0.3 is 15.4 Å². The molecule has 4 heterocycles. The number of nitrogens with zero attached hydrogens (tertiary/aromatic N) is 5. The van der Waals surface area contributed by atoms with Gasteiger partial charge in [-0.25, -0.2) is 14.2 Å². The molecule has 176 valence electrons. The van der Waals surface area contributed by atoms with E-state index in [1.165, 1.54) is 12.1 Å². The van der Waals surface area contributed by atoms with Gasteiger partial charge >= 0.3 is 5.69 Å². The van der Waals surface area contributed by atoms with Gasteiger partial charge in [-0.15, -0.1) is 0 Å². The smallest absolute Gasteiger partial charge is 0.326 e. The Bertz CT molecular complexity index is 1710. The first-order valence-corrected chi connectivity index (χ1v) is 11.0. The van der Waals surface area contributed by atoms with Crippen LogP contribution in [-0.2, 0) is 6.54 Å². The number of fused-ring (bicyclic) bond motifs is 1. The molecule has 0 atom stereocenters. The van der Waals surface area contributed by atoms with Crippen LogP contribution in [-0.4, -0.2) is 45.9 Å². The molecule has 0 bridgehead atoms. The van der Waals surface area contributed by atoms with Crippen molar-refractivity contribution in [3.8, 4) is 17.0 Å². The molecule has 0 unspecified atom stereocenters. The van der Waals surface area contributed by atoms with Crippen molar-refractivity contribution in [2.75, 3.05) is 5.32 Å². The van der Waals surface area contributed by atoms with Gasteiger partial charge in [-0.1, -0.05) is 6.07 Å². The fraction of sp³-hybridized carbons (Fsp3) is 0.174. The average Bonchev–Trinajstić information content (AvgIpc) is 3.19. The van der Waals surface area contributed by atoms with Crippen molar-refractivity contribution >= 4 is 17.5 Å². The molecule has 11 nitrogen and oxygen atoms in total. The van der Waals surface area contributed by atoms with Gasteiger partial charge in [0.25, 0.3) is 0 Å². The number of hydrogen-bond donors (Lipinski definition) is 5. The molecule has 1 saturated carbocycles. The fourth-order valence-electron chi connectivity index (χ4n) is 3.84. The lowest BCUT2D eigenvalue weighted by atomic mass is 10.0. The van der Waals surface area contributed by atoms with E-state index in [1.54, 1.807) is 35.2 Å². The zero-order chi connectivity index (χ0) is 23.9. The number of benzene rings is 1. The Morgan fingerprint density at radius 3 is 2.89 bits per heavy atom. The number of nitrogens with one attached hydrogen (secondary N) is 4. The van der Waals surface area contributed by atoms with Crippen LogP contribution >= 0.6 is 0 Å². The van der Waals surface area contributed by atoms with Crippen molar-refractivity contribution in [3.63, 3.8) is 0 Å². The lowest BCUT2D eigenvalue weighted by molar-refractivity contribution is 0.454. The largest absolute Gasteiger partial charge is 0.493 e. The van der Waals surface area contributed by atoms with Crippen molar-refractivity contribution in [1.29, 1.82) is 0 Å². The zero-order valence-electron chi connectivity index (χ0n) is 18.3. The molecule has 0 aliphatic heterocycles. The number of rotatable bonds is 6. The van der Waals surface area contributed by atoms with Gasteiger partial charge in [0.15, 0.2) is 11.1 Å². The Kier molecular flexibility index (Phi) is 4.90. The maximum atomic E-state index is 13.9. The van der Waals surface area contributed by atoms with Crippen LogP contribution in [0, 0.1) is 5.82 Å². The summed E-state index contributed by atoms with van der Waals surface area (Å²) in [6, 6.07) is 6.68. The van der Waals surface area contributed by atoms with Gasteiger partial charge in [-0.05, 0) is 42.2 Å². The third-order valence-corrected chi connectivity index (χ3v) is 5.72. The highest BCUT2D eigenvalue weighted by Crippen LogP contribution is 2.25. The van der Waals surface area contributed by atoms with Crippen LogP contribution in [0.25, 0.3) is 22.9 Å². The molecule has 6 rings (SSSR count). The minimum Gasteiger partial charge on any atom is -0.493 e. The van der Waals surface area contributed by atoms with E-state index in [0.29, 0.717) is 28.7 Å². The predicted molar refractivity (Wildman–Crippen MR) is 125 cm³/mol. The molecular formula is C23H20FN9O2. The standard InChI is InChI=1S/C23H20FN9O2/c24-15-2-1-12(17(6-15)14-9-26-27-10-14)8-25-19-7-20(29-16-3-4-16)33-21(31-19)13(11-28-33)5-18-22(34)32-23(35)30-18/h1-2,5-7,9-11,16,25,34H,3-4,8H2,(H,26,27)(H2,30,32,35). The Hall–Kier alpha value is -4.74. The Morgan fingerprint density at radius 1 is 1.26 bits per heavy atom. The predicted octanol–water partition coefficient (Wildman–Crippen LogP) is 1.20. The molecule has 1 aromatic carbocycles. The third-order valence-electron chi connectivity index (χ3n) is 5.72.